The lowest BCUT2D eigenvalue weighted by atomic mass is 10.2. The van der Waals surface area contributed by atoms with Crippen LogP contribution < -0.4 is 14.8 Å². The summed E-state index contributed by atoms with van der Waals surface area (Å²) in [5.41, 5.74) is 2.07. The fraction of sp³-hybridized carbons (Fsp3) is 0.238. The van der Waals surface area contributed by atoms with Gasteiger partial charge in [-0.2, -0.15) is 4.98 Å². The number of aliphatic hydroxyl groups is 1. The van der Waals surface area contributed by atoms with Crippen LogP contribution >= 0.6 is 11.6 Å². The smallest absolute Gasteiger partial charge is 0.224 e. The van der Waals surface area contributed by atoms with E-state index in [-0.39, 0.29) is 24.0 Å². The normalized spacial score (nSPS) is 10.2. The Morgan fingerprint density at radius 3 is 2.60 bits per heavy atom. The number of nitrogens with one attached hydrogen (secondary N) is 1. The minimum Gasteiger partial charge on any atom is -0.487 e. The van der Waals surface area contributed by atoms with Crippen molar-refractivity contribution in [2.75, 3.05) is 38.9 Å². The summed E-state index contributed by atoms with van der Waals surface area (Å²) in [6.45, 7) is 0.741. The van der Waals surface area contributed by atoms with Crippen LogP contribution in [-0.2, 0) is 4.74 Å². The SMILES string of the molecule is C#Cc1cccc(Nc2nc(Cl)nc3cc(OCCOC)c(OCCO)cc23)c1.O. The monoisotopic (exact) mass is 431 g/mol. The van der Waals surface area contributed by atoms with Crippen LogP contribution in [0.4, 0.5) is 11.5 Å². The van der Waals surface area contributed by atoms with Gasteiger partial charge in [-0.1, -0.05) is 12.0 Å². The Hall–Kier alpha value is -3.09. The average molecular weight is 432 g/mol. The predicted octanol–water partition coefficient (Wildman–Crippen LogP) is 2.58. The Morgan fingerprint density at radius 2 is 1.87 bits per heavy atom. The number of fused-ring (bicyclic) bond motifs is 1. The fourth-order valence-electron chi connectivity index (χ4n) is 2.64. The molecule has 9 heteroatoms. The van der Waals surface area contributed by atoms with Gasteiger partial charge in [-0.3, -0.25) is 0 Å². The lowest BCUT2D eigenvalue weighted by Gasteiger charge is -2.15. The van der Waals surface area contributed by atoms with Crippen molar-refractivity contribution in [3.63, 3.8) is 0 Å². The second-order valence-electron chi connectivity index (χ2n) is 5.92. The van der Waals surface area contributed by atoms with E-state index in [9.17, 15) is 0 Å². The first-order valence-corrected chi connectivity index (χ1v) is 9.22. The van der Waals surface area contributed by atoms with E-state index in [1.807, 2.05) is 24.3 Å². The van der Waals surface area contributed by atoms with E-state index in [0.29, 0.717) is 41.4 Å². The number of aromatic nitrogens is 2. The summed E-state index contributed by atoms with van der Waals surface area (Å²) in [6, 6.07) is 10.8. The van der Waals surface area contributed by atoms with Gasteiger partial charge in [0.15, 0.2) is 11.5 Å². The van der Waals surface area contributed by atoms with E-state index in [4.69, 9.17) is 37.3 Å². The van der Waals surface area contributed by atoms with E-state index in [1.54, 1.807) is 19.2 Å². The molecule has 0 fully saturated rings. The zero-order valence-electron chi connectivity index (χ0n) is 16.3. The van der Waals surface area contributed by atoms with Crippen LogP contribution in [0.25, 0.3) is 10.9 Å². The number of aliphatic hydroxyl groups excluding tert-OH is 1. The maximum absolute atomic E-state index is 9.12. The van der Waals surface area contributed by atoms with E-state index in [2.05, 4.69) is 21.2 Å². The molecule has 0 aliphatic carbocycles. The number of rotatable bonds is 9. The lowest BCUT2D eigenvalue weighted by molar-refractivity contribution is 0.141. The van der Waals surface area contributed by atoms with E-state index in [0.717, 1.165) is 11.3 Å². The van der Waals surface area contributed by atoms with Crippen molar-refractivity contribution >= 4 is 34.0 Å². The fourth-order valence-corrected chi connectivity index (χ4v) is 2.82. The third-order valence-electron chi connectivity index (χ3n) is 3.92. The summed E-state index contributed by atoms with van der Waals surface area (Å²) < 4.78 is 16.4. The molecule has 4 N–H and O–H groups in total. The molecule has 1 heterocycles. The largest absolute Gasteiger partial charge is 0.487 e. The quantitative estimate of drug-likeness (QED) is 0.303. The summed E-state index contributed by atoms with van der Waals surface area (Å²) in [4.78, 5) is 8.59. The molecular formula is C21H22ClN3O5. The summed E-state index contributed by atoms with van der Waals surface area (Å²) in [5.74, 6) is 4.01. The van der Waals surface area contributed by atoms with E-state index >= 15 is 0 Å². The molecule has 0 aliphatic heterocycles. The van der Waals surface area contributed by atoms with Crippen molar-refractivity contribution in [2.24, 2.45) is 0 Å². The molecular weight excluding hydrogens is 410 g/mol. The van der Waals surface area contributed by atoms with Crippen LogP contribution in [0.3, 0.4) is 0 Å². The summed E-state index contributed by atoms with van der Waals surface area (Å²) >= 11 is 6.13. The minimum atomic E-state index is -0.128. The molecule has 30 heavy (non-hydrogen) atoms. The van der Waals surface area contributed by atoms with Crippen LogP contribution in [0, 0.1) is 12.3 Å². The standard InChI is InChI=1S/C21H20ClN3O4.H2O/c1-3-14-5-4-6-15(11-14)23-20-16-12-18(28-8-7-26)19(29-10-9-27-2)13-17(16)24-21(22)25-20;/h1,4-6,11-13,26H,7-10H2,2H3,(H,23,24,25);1H2. The molecule has 0 spiro atoms. The van der Waals surface area contributed by atoms with Gasteiger partial charge in [0.05, 0.1) is 18.7 Å². The maximum Gasteiger partial charge on any atom is 0.224 e. The van der Waals surface area contributed by atoms with E-state index in [1.165, 1.54) is 0 Å². The third-order valence-corrected chi connectivity index (χ3v) is 4.09. The molecule has 8 nitrogen and oxygen atoms in total. The highest BCUT2D eigenvalue weighted by atomic mass is 35.5. The molecule has 0 amide bonds. The van der Waals surface area contributed by atoms with Gasteiger partial charge in [-0.25, -0.2) is 4.98 Å². The molecule has 1 aromatic heterocycles. The van der Waals surface area contributed by atoms with Crippen LogP contribution in [0.1, 0.15) is 5.56 Å². The van der Waals surface area contributed by atoms with Gasteiger partial charge in [-0.15, -0.1) is 6.42 Å². The molecule has 0 saturated carbocycles. The van der Waals surface area contributed by atoms with Gasteiger partial charge in [0.1, 0.15) is 19.0 Å². The van der Waals surface area contributed by atoms with Gasteiger partial charge in [0, 0.05) is 29.8 Å². The Labute approximate surface area is 179 Å². The highest BCUT2D eigenvalue weighted by Crippen LogP contribution is 2.36. The molecule has 158 valence electrons. The number of halogens is 1. The first kappa shape index (κ1) is 23.2. The van der Waals surface area contributed by atoms with Gasteiger partial charge < -0.3 is 30.1 Å². The van der Waals surface area contributed by atoms with Crippen molar-refractivity contribution in [2.45, 2.75) is 0 Å². The van der Waals surface area contributed by atoms with Gasteiger partial charge in [0.25, 0.3) is 0 Å². The Morgan fingerprint density at radius 1 is 1.10 bits per heavy atom. The first-order chi connectivity index (χ1) is 14.1. The zero-order valence-corrected chi connectivity index (χ0v) is 17.1. The van der Waals surface area contributed by atoms with Gasteiger partial charge in [-0.05, 0) is 35.9 Å². The number of benzene rings is 2. The number of hydrogen-bond acceptors (Lipinski definition) is 7. The second kappa shape index (κ2) is 11.2. The van der Waals surface area contributed by atoms with Crippen LogP contribution in [0.2, 0.25) is 5.28 Å². The summed E-state index contributed by atoms with van der Waals surface area (Å²) in [6.07, 6.45) is 5.48. The highest BCUT2D eigenvalue weighted by Gasteiger charge is 2.14. The van der Waals surface area contributed by atoms with Crippen LogP contribution in [0.15, 0.2) is 36.4 Å². The van der Waals surface area contributed by atoms with Gasteiger partial charge >= 0.3 is 0 Å². The molecule has 0 bridgehead atoms. The van der Waals surface area contributed by atoms with Crippen molar-refractivity contribution in [3.8, 4) is 23.8 Å². The lowest BCUT2D eigenvalue weighted by Crippen LogP contribution is -2.08. The predicted molar refractivity (Wildman–Crippen MR) is 116 cm³/mol. The number of anilines is 2. The first-order valence-electron chi connectivity index (χ1n) is 8.85. The number of nitrogens with zero attached hydrogens (tertiary/aromatic N) is 2. The molecule has 0 aliphatic rings. The summed E-state index contributed by atoms with van der Waals surface area (Å²) in [7, 11) is 1.59. The molecule has 0 radical (unpaired) electrons. The van der Waals surface area contributed by atoms with Crippen molar-refractivity contribution in [1.82, 2.24) is 9.97 Å². The van der Waals surface area contributed by atoms with Crippen LogP contribution in [0.5, 0.6) is 11.5 Å². The molecule has 2 aromatic carbocycles. The zero-order chi connectivity index (χ0) is 20.6. The second-order valence-corrected chi connectivity index (χ2v) is 6.26. The van der Waals surface area contributed by atoms with Gasteiger partial charge in [0.2, 0.25) is 5.28 Å². The maximum atomic E-state index is 9.12. The van der Waals surface area contributed by atoms with Crippen molar-refractivity contribution in [1.29, 1.82) is 0 Å². The molecule has 0 unspecified atom stereocenters. The topological polar surface area (TPSA) is 117 Å². The molecule has 0 atom stereocenters. The van der Waals surface area contributed by atoms with Crippen molar-refractivity contribution in [3.05, 3.63) is 47.2 Å². The molecule has 3 rings (SSSR count). The average Bonchev–Trinajstić information content (AvgIpc) is 2.72. The number of terminal acetylenes is 1. The Bertz CT molecular complexity index is 1040. The Kier molecular flexibility index (Phi) is 8.65. The minimum absolute atomic E-state index is 0. The number of ether oxygens (including phenoxy) is 3. The highest BCUT2D eigenvalue weighted by molar-refractivity contribution is 6.28. The Balaban J connectivity index is 0.00000320. The van der Waals surface area contributed by atoms with Crippen molar-refractivity contribution < 1.29 is 24.8 Å². The summed E-state index contributed by atoms with van der Waals surface area (Å²) in [5, 5.41) is 13.1. The molecule has 3 aromatic rings. The molecule has 0 saturated heterocycles. The van der Waals surface area contributed by atoms with E-state index < -0.39 is 0 Å². The van der Waals surface area contributed by atoms with Crippen LogP contribution in [-0.4, -0.2) is 54.1 Å². The third kappa shape index (κ3) is 5.72. The number of hydrogen-bond donors (Lipinski definition) is 2. The number of methoxy groups -OCH3 is 1.